The number of H-pyrrole nitrogens is 1. The van der Waals surface area contributed by atoms with Gasteiger partial charge in [0.2, 0.25) is 0 Å². The predicted molar refractivity (Wildman–Crippen MR) is 97.6 cm³/mol. The summed E-state index contributed by atoms with van der Waals surface area (Å²) in [5, 5.41) is 0. The zero-order chi connectivity index (χ0) is 18.1. The summed E-state index contributed by atoms with van der Waals surface area (Å²) in [6.45, 7) is 7.68. The second kappa shape index (κ2) is 7.15. The summed E-state index contributed by atoms with van der Waals surface area (Å²) >= 11 is 0. The number of aromatic amines is 1. The van der Waals surface area contributed by atoms with E-state index in [1.807, 2.05) is 6.92 Å². The number of hydrogen-bond donors (Lipinski definition) is 1. The molecule has 2 atom stereocenters. The first-order valence-corrected chi connectivity index (χ1v) is 9.47. The molecule has 0 saturated carbocycles. The Morgan fingerprint density at radius 2 is 2.00 bits per heavy atom. The van der Waals surface area contributed by atoms with Gasteiger partial charge in [-0.1, -0.05) is 6.92 Å². The SMILES string of the molecule is CCc1ncc(C(=O)N2C[C@@H]3CC[C@H]2CN(Cc2nc[nH]c2C)C3)cn1. The van der Waals surface area contributed by atoms with Gasteiger partial charge in [-0.3, -0.25) is 9.69 Å². The first-order valence-electron chi connectivity index (χ1n) is 9.47. The Morgan fingerprint density at radius 3 is 2.69 bits per heavy atom. The van der Waals surface area contributed by atoms with Crippen molar-refractivity contribution < 1.29 is 4.79 Å². The van der Waals surface area contributed by atoms with Gasteiger partial charge in [0.25, 0.3) is 5.91 Å². The lowest BCUT2D eigenvalue weighted by atomic mass is 9.94. The number of fused-ring (bicyclic) bond motifs is 4. The number of hydrogen-bond acceptors (Lipinski definition) is 5. The molecule has 2 aromatic heterocycles. The van der Waals surface area contributed by atoms with Crippen molar-refractivity contribution >= 4 is 5.91 Å². The molecule has 0 aromatic carbocycles. The van der Waals surface area contributed by atoms with Crippen molar-refractivity contribution in [3.8, 4) is 0 Å². The van der Waals surface area contributed by atoms with Gasteiger partial charge in [0.05, 0.1) is 17.6 Å². The number of amides is 1. The van der Waals surface area contributed by atoms with Crippen LogP contribution in [-0.2, 0) is 13.0 Å². The lowest BCUT2D eigenvalue weighted by Crippen LogP contribution is -2.47. The van der Waals surface area contributed by atoms with Gasteiger partial charge in [0.15, 0.2) is 0 Å². The van der Waals surface area contributed by atoms with Gasteiger partial charge in [-0.2, -0.15) is 0 Å². The van der Waals surface area contributed by atoms with Crippen LogP contribution in [0.4, 0.5) is 0 Å². The van der Waals surface area contributed by atoms with E-state index in [0.717, 1.165) is 56.2 Å². The van der Waals surface area contributed by atoms with E-state index in [-0.39, 0.29) is 11.9 Å². The van der Waals surface area contributed by atoms with Crippen LogP contribution in [0.25, 0.3) is 0 Å². The fourth-order valence-corrected chi connectivity index (χ4v) is 4.13. The number of carbonyl (C=O) groups excluding carboxylic acids is 1. The van der Waals surface area contributed by atoms with Gasteiger partial charge in [-0.15, -0.1) is 0 Å². The van der Waals surface area contributed by atoms with E-state index in [9.17, 15) is 4.79 Å². The Labute approximate surface area is 153 Å². The summed E-state index contributed by atoms with van der Waals surface area (Å²) in [6.07, 6.45) is 8.16. The minimum absolute atomic E-state index is 0.0696. The largest absolute Gasteiger partial charge is 0.348 e. The number of rotatable bonds is 4. The molecule has 7 heteroatoms. The van der Waals surface area contributed by atoms with Gasteiger partial charge in [0.1, 0.15) is 5.82 Å². The highest BCUT2D eigenvalue weighted by molar-refractivity contribution is 5.94. The maximum Gasteiger partial charge on any atom is 0.257 e. The predicted octanol–water partition coefficient (Wildman–Crippen LogP) is 1.81. The molecule has 0 aliphatic carbocycles. The molecule has 26 heavy (non-hydrogen) atoms. The molecule has 0 unspecified atom stereocenters. The lowest BCUT2D eigenvalue weighted by Gasteiger charge is -2.36. The molecule has 0 spiro atoms. The number of nitrogens with one attached hydrogen (secondary N) is 1. The summed E-state index contributed by atoms with van der Waals surface area (Å²) in [4.78, 5) is 33.7. The van der Waals surface area contributed by atoms with E-state index in [2.05, 4.69) is 36.7 Å². The van der Waals surface area contributed by atoms with E-state index in [1.54, 1.807) is 18.7 Å². The molecule has 1 N–H and O–H groups in total. The van der Waals surface area contributed by atoms with Crippen LogP contribution < -0.4 is 0 Å². The molecule has 5 heterocycles. The van der Waals surface area contributed by atoms with Gasteiger partial charge in [0, 0.05) is 56.7 Å². The molecule has 2 bridgehead atoms. The second-order valence-electron chi connectivity index (χ2n) is 7.46. The Morgan fingerprint density at radius 1 is 1.19 bits per heavy atom. The molecule has 0 radical (unpaired) electrons. The Hall–Kier alpha value is -2.28. The molecule has 3 aliphatic rings. The average Bonchev–Trinajstić information content (AvgIpc) is 2.88. The standard InChI is InChI=1S/C19H26N6O/c1-3-18-20-6-15(7-21-18)19(26)25-9-14-4-5-16(25)10-24(8-14)11-17-13(2)22-12-23-17/h6-7,12,14,16H,3-5,8-11H2,1-2H3,(H,22,23)/t14-,16+/m1/s1. The Bertz CT molecular complexity index is 771. The van der Waals surface area contributed by atoms with Gasteiger partial charge in [-0.25, -0.2) is 15.0 Å². The highest BCUT2D eigenvalue weighted by Crippen LogP contribution is 2.29. The molecule has 138 valence electrons. The topological polar surface area (TPSA) is 78.0 Å². The van der Waals surface area contributed by atoms with Crippen LogP contribution >= 0.6 is 0 Å². The number of carbonyl (C=O) groups is 1. The summed E-state index contributed by atoms with van der Waals surface area (Å²) in [7, 11) is 0. The third-order valence-corrected chi connectivity index (χ3v) is 5.63. The van der Waals surface area contributed by atoms with Crippen LogP contribution in [0.15, 0.2) is 18.7 Å². The summed E-state index contributed by atoms with van der Waals surface area (Å²) in [5.41, 5.74) is 2.83. The zero-order valence-corrected chi connectivity index (χ0v) is 15.5. The second-order valence-corrected chi connectivity index (χ2v) is 7.46. The van der Waals surface area contributed by atoms with Crippen LogP contribution in [0.1, 0.15) is 47.3 Å². The molecule has 3 saturated heterocycles. The van der Waals surface area contributed by atoms with Crippen LogP contribution in [-0.4, -0.2) is 61.3 Å². The van der Waals surface area contributed by atoms with Crippen LogP contribution in [0.3, 0.4) is 0 Å². The number of imidazole rings is 1. The molecule has 3 aliphatic heterocycles. The monoisotopic (exact) mass is 354 g/mol. The first kappa shape index (κ1) is 17.1. The normalized spacial score (nSPS) is 23.2. The van der Waals surface area contributed by atoms with Gasteiger partial charge >= 0.3 is 0 Å². The van der Waals surface area contributed by atoms with Crippen LogP contribution in [0.2, 0.25) is 0 Å². The molecule has 7 nitrogen and oxygen atoms in total. The fraction of sp³-hybridized carbons (Fsp3) is 0.579. The van der Waals surface area contributed by atoms with Crippen molar-refractivity contribution in [3.63, 3.8) is 0 Å². The third kappa shape index (κ3) is 3.35. The quantitative estimate of drug-likeness (QED) is 0.906. The van der Waals surface area contributed by atoms with E-state index in [0.29, 0.717) is 11.5 Å². The fourth-order valence-electron chi connectivity index (χ4n) is 4.13. The molecular weight excluding hydrogens is 328 g/mol. The first-order chi connectivity index (χ1) is 12.6. The molecule has 2 aromatic rings. The number of nitrogens with zero attached hydrogens (tertiary/aromatic N) is 5. The van der Waals surface area contributed by atoms with Crippen molar-refractivity contribution in [2.75, 3.05) is 19.6 Å². The van der Waals surface area contributed by atoms with Crippen molar-refractivity contribution in [2.45, 2.75) is 45.7 Å². The van der Waals surface area contributed by atoms with Crippen molar-refractivity contribution in [1.82, 2.24) is 29.7 Å². The Kier molecular flexibility index (Phi) is 4.72. The van der Waals surface area contributed by atoms with Crippen LogP contribution in [0, 0.1) is 12.8 Å². The number of aromatic nitrogens is 4. The van der Waals surface area contributed by atoms with Crippen molar-refractivity contribution in [1.29, 1.82) is 0 Å². The minimum Gasteiger partial charge on any atom is -0.348 e. The van der Waals surface area contributed by atoms with E-state index >= 15 is 0 Å². The molecular formula is C19H26N6O. The average molecular weight is 354 g/mol. The van der Waals surface area contributed by atoms with E-state index in [4.69, 9.17) is 0 Å². The summed E-state index contributed by atoms with van der Waals surface area (Å²) in [5.74, 6) is 1.37. The van der Waals surface area contributed by atoms with Gasteiger partial charge < -0.3 is 9.88 Å². The van der Waals surface area contributed by atoms with E-state index in [1.165, 1.54) is 6.42 Å². The lowest BCUT2D eigenvalue weighted by molar-refractivity contribution is 0.0584. The van der Waals surface area contributed by atoms with Crippen molar-refractivity contribution in [3.05, 3.63) is 41.5 Å². The highest BCUT2D eigenvalue weighted by Gasteiger charge is 2.37. The number of piperidine rings is 1. The minimum atomic E-state index is 0.0696. The zero-order valence-electron chi connectivity index (χ0n) is 15.5. The molecule has 1 amide bonds. The Balaban J connectivity index is 1.49. The third-order valence-electron chi connectivity index (χ3n) is 5.63. The van der Waals surface area contributed by atoms with Crippen LogP contribution in [0.5, 0.6) is 0 Å². The molecule has 3 fully saturated rings. The summed E-state index contributed by atoms with van der Waals surface area (Å²) in [6, 6.07) is 0.256. The highest BCUT2D eigenvalue weighted by atomic mass is 16.2. The maximum atomic E-state index is 13.0. The smallest absolute Gasteiger partial charge is 0.257 e. The number of aryl methyl sites for hydroxylation is 2. The summed E-state index contributed by atoms with van der Waals surface area (Å²) < 4.78 is 0. The maximum absolute atomic E-state index is 13.0. The van der Waals surface area contributed by atoms with Gasteiger partial charge in [-0.05, 0) is 25.7 Å². The van der Waals surface area contributed by atoms with E-state index < -0.39 is 0 Å². The molecule has 5 rings (SSSR count). The van der Waals surface area contributed by atoms with Crippen molar-refractivity contribution in [2.24, 2.45) is 5.92 Å².